The Morgan fingerprint density at radius 1 is 1.19 bits per heavy atom. The summed E-state index contributed by atoms with van der Waals surface area (Å²) in [5, 5.41) is 13.7. The zero-order valence-corrected chi connectivity index (χ0v) is 13.9. The van der Waals surface area contributed by atoms with Crippen LogP contribution in [0.2, 0.25) is 5.02 Å². The van der Waals surface area contributed by atoms with Crippen molar-refractivity contribution in [1.82, 2.24) is 4.90 Å². The Morgan fingerprint density at radius 2 is 1.81 bits per heavy atom. The highest BCUT2D eigenvalue weighted by molar-refractivity contribution is 6.32. The van der Waals surface area contributed by atoms with E-state index in [4.69, 9.17) is 21.1 Å². The first-order valence-electron chi connectivity index (χ1n) is 7.11. The summed E-state index contributed by atoms with van der Waals surface area (Å²) in [6.45, 7) is 7.06. The molecular weight excluding hydrogens is 292 g/mol. The first-order chi connectivity index (χ1) is 10.0. The van der Waals surface area contributed by atoms with Crippen LogP contribution in [-0.2, 0) is 0 Å². The van der Waals surface area contributed by atoms with Crippen molar-refractivity contribution in [1.29, 1.82) is 0 Å². The van der Waals surface area contributed by atoms with Crippen molar-refractivity contribution in [2.45, 2.75) is 20.0 Å². The third kappa shape index (κ3) is 5.26. The molecule has 1 rings (SSSR count). The van der Waals surface area contributed by atoms with Crippen molar-refractivity contribution >= 4 is 17.3 Å². The maximum atomic E-state index is 10.1. The third-order valence-electron chi connectivity index (χ3n) is 3.37. The number of aliphatic hydroxyl groups excluding tert-OH is 1. The van der Waals surface area contributed by atoms with Gasteiger partial charge in [0.2, 0.25) is 0 Å². The Labute approximate surface area is 131 Å². The van der Waals surface area contributed by atoms with Gasteiger partial charge in [-0.15, -0.1) is 0 Å². The van der Waals surface area contributed by atoms with E-state index >= 15 is 0 Å². The smallest absolute Gasteiger partial charge is 0.145 e. The number of hydrogen-bond acceptors (Lipinski definition) is 5. The average molecular weight is 317 g/mol. The number of likely N-dealkylation sites (N-methyl/N-ethyl adjacent to an activating group) is 1. The van der Waals surface area contributed by atoms with E-state index in [1.165, 1.54) is 0 Å². The van der Waals surface area contributed by atoms with E-state index in [1.807, 2.05) is 0 Å². The standard InChI is InChI=1S/C15H25ClN2O3/c1-5-18(6-2)10-11(19)9-17-13-7-12(16)14(20-3)8-15(13)21-4/h7-8,11,17,19H,5-6,9-10H2,1-4H3. The van der Waals surface area contributed by atoms with Crippen LogP contribution in [0.5, 0.6) is 11.5 Å². The van der Waals surface area contributed by atoms with Gasteiger partial charge in [0.25, 0.3) is 0 Å². The van der Waals surface area contributed by atoms with Gasteiger partial charge in [-0.05, 0) is 19.2 Å². The molecule has 0 heterocycles. The molecule has 6 heteroatoms. The van der Waals surface area contributed by atoms with Crippen molar-refractivity contribution < 1.29 is 14.6 Å². The number of benzene rings is 1. The Hall–Kier alpha value is -1.17. The van der Waals surface area contributed by atoms with Crippen molar-refractivity contribution in [3.05, 3.63) is 17.2 Å². The Bertz CT molecular complexity index is 439. The molecule has 0 aliphatic carbocycles. The molecule has 0 radical (unpaired) electrons. The summed E-state index contributed by atoms with van der Waals surface area (Å²) in [6, 6.07) is 3.46. The number of anilines is 1. The van der Waals surface area contributed by atoms with Gasteiger partial charge in [0.15, 0.2) is 0 Å². The van der Waals surface area contributed by atoms with Crippen molar-refractivity contribution in [3.63, 3.8) is 0 Å². The first kappa shape index (κ1) is 17.9. The number of nitrogens with zero attached hydrogens (tertiary/aromatic N) is 1. The van der Waals surface area contributed by atoms with Crippen LogP contribution in [0.15, 0.2) is 12.1 Å². The molecule has 1 aromatic carbocycles. The lowest BCUT2D eigenvalue weighted by atomic mass is 10.2. The number of nitrogens with one attached hydrogen (secondary N) is 1. The van der Waals surface area contributed by atoms with E-state index in [0.717, 1.165) is 18.8 Å². The minimum atomic E-state index is -0.463. The Morgan fingerprint density at radius 3 is 2.33 bits per heavy atom. The molecule has 0 saturated heterocycles. The maximum Gasteiger partial charge on any atom is 0.145 e. The monoisotopic (exact) mass is 316 g/mol. The summed E-state index contributed by atoms with van der Waals surface area (Å²) in [5.41, 5.74) is 0.738. The largest absolute Gasteiger partial charge is 0.495 e. The van der Waals surface area contributed by atoms with Crippen molar-refractivity contribution in [3.8, 4) is 11.5 Å². The fraction of sp³-hybridized carbons (Fsp3) is 0.600. The van der Waals surface area contributed by atoms with E-state index in [1.54, 1.807) is 26.4 Å². The van der Waals surface area contributed by atoms with Gasteiger partial charge in [-0.1, -0.05) is 25.4 Å². The summed E-state index contributed by atoms with van der Waals surface area (Å²) in [6.07, 6.45) is -0.463. The molecule has 0 spiro atoms. The van der Waals surface area contributed by atoms with Crippen LogP contribution in [0, 0.1) is 0 Å². The number of aliphatic hydroxyl groups is 1. The van der Waals surface area contributed by atoms with Gasteiger partial charge in [0.1, 0.15) is 11.5 Å². The normalized spacial score (nSPS) is 12.3. The van der Waals surface area contributed by atoms with E-state index in [-0.39, 0.29) is 0 Å². The molecule has 0 amide bonds. The van der Waals surface area contributed by atoms with E-state index in [0.29, 0.717) is 29.6 Å². The van der Waals surface area contributed by atoms with Gasteiger partial charge in [0, 0.05) is 19.2 Å². The van der Waals surface area contributed by atoms with Gasteiger partial charge in [-0.3, -0.25) is 0 Å². The molecule has 21 heavy (non-hydrogen) atoms. The molecule has 0 saturated carbocycles. The summed E-state index contributed by atoms with van der Waals surface area (Å²) >= 11 is 6.11. The van der Waals surface area contributed by atoms with Crippen LogP contribution in [-0.4, -0.2) is 56.5 Å². The topological polar surface area (TPSA) is 54.0 Å². The number of methoxy groups -OCH3 is 2. The lowest BCUT2D eigenvalue weighted by Gasteiger charge is -2.22. The zero-order chi connectivity index (χ0) is 15.8. The minimum absolute atomic E-state index is 0.426. The van der Waals surface area contributed by atoms with Gasteiger partial charge in [-0.25, -0.2) is 0 Å². The van der Waals surface area contributed by atoms with Crippen LogP contribution >= 0.6 is 11.6 Å². The second-order valence-electron chi connectivity index (χ2n) is 4.71. The zero-order valence-electron chi connectivity index (χ0n) is 13.1. The molecule has 1 aromatic rings. The van der Waals surface area contributed by atoms with Crippen LogP contribution in [0.25, 0.3) is 0 Å². The van der Waals surface area contributed by atoms with Crippen LogP contribution < -0.4 is 14.8 Å². The van der Waals surface area contributed by atoms with Gasteiger partial charge in [0.05, 0.1) is 31.0 Å². The number of halogens is 1. The summed E-state index contributed by atoms with van der Waals surface area (Å²) in [7, 11) is 3.14. The lowest BCUT2D eigenvalue weighted by molar-refractivity contribution is 0.128. The SMILES string of the molecule is CCN(CC)CC(O)CNc1cc(Cl)c(OC)cc1OC. The number of ether oxygens (including phenoxy) is 2. The third-order valence-corrected chi connectivity index (χ3v) is 3.66. The van der Waals surface area contributed by atoms with Gasteiger partial charge < -0.3 is 24.8 Å². The molecule has 0 aliphatic heterocycles. The minimum Gasteiger partial charge on any atom is -0.495 e. The van der Waals surface area contributed by atoms with Gasteiger partial charge in [-0.2, -0.15) is 0 Å². The molecule has 120 valence electrons. The first-order valence-corrected chi connectivity index (χ1v) is 7.49. The molecule has 1 atom stereocenters. The summed E-state index contributed by atoms with van der Waals surface area (Å²) < 4.78 is 10.5. The van der Waals surface area contributed by atoms with E-state index in [2.05, 4.69) is 24.1 Å². The fourth-order valence-corrected chi connectivity index (χ4v) is 2.31. The molecule has 0 fully saturated rings. The number of rotatable bonds is 9. The second kappa shape index (κ2) is 8.97. The molecular formula is C15H25ClN2O3. The molecule has 2 N–H and O–H groups in total. The van der Waals surface area contributed by atoms with Crippen LogP contribution in [0.4, 0.5) is 5.69 Å². The number of hydrogen-bond donors (Lipinski definition) is 2. The van der Waals surface area contributed by atoms with Crippen LogP contribution in [0.1, 0.15) is 13.8 Å². The molecule has 0 bridgehead atoms. The highest BCUT2D eigenvalue weighted by Gasteiger charge is 2.13. The van der Waals surface area contributed by atoms with Gasteiger partial charge >= 0.3 is 0 Å². The second-order valence-corrected chi connectivity index (χ2v) is 5.11. The molecule has 0 aromatic heterocycles. The highest BCUT2D eigenvalue weighted by atomic mass is 35.5. The van der Waals surface area contributed by atoms with Crippen molar-refractivity contribution in [2.75, 3.05) is 45.7 Å². The molecule has 5 nitrogen and oxygen atoms in total. The molecule has 0 aliphatic rings. The Balaban J connectivity index is 2.68. The van der Waals surface area contributed by atoms with E-state index in [9.17, 15) is 5.11 Å². The predicted molar refractivity (Wildman–Crippen MR) is 86.8 cm³/mol. The van der Waals surface area contributed by atoms with Crippen LogP contribution in [0.3, 0.4) is 0 Å². The summed E-state index contributed by atoms with van der Waals surface area (Å²) in [4.78, 5) is 2.17. The Kier molecular flexibility index (Phi) is 7.64. The quantitative estimate of drug-likeness (QED) is 0.733. The molecule has 1 unspecified atom stereocenters. The maximum absolute atomic E-state index is 10.1. The average Bonchev–Trinajstić information content (AvgIpc) is 2.50. The van der Waals surface area contributed by atoms with E-state index < -0.39 is 6.10 Å². The summed E-state index contributed by atoms with van der Waals surface area (Å²) in [5.74, 6) is 1.19. The fourth-order valence-electron chi connectivity index (χ4n) is 2.07. The predicted octanol–water partition coefficient (Wildman–Crippen LogP) is 2.47. The van der Waals surface area contributed by atoms with Crippen molar-refractivity contribution in [2.24, 2.45) is 0 Å². The lowest BCUT2D eigenvalue weighted by Crippen LogP contribution is -2.35. The highest BCUT2D eigenvalue weighted by Crippen LogP contribution is 2.35.